The molecule has 0 aromatic carbocycles. The molecule has 0 aliphatic rings. The van der Waals surface area contributed by atoms with E-state index < -0.39 is 0 Å². The highest BCUT2D eigenvalue weighted by atomic mass is 79.9. The van der Waals surface area contributed by atoms with Gasteiger partial charge in [-0.2, -0.15) is 0 Å². The molecule has 0 fully saturated rings. The van der Waals surface area contributed by atoms with E-state index >= 15 is 0 Å². The van der Waals surface area contributed by atoms with E-state index in [9.17, 15) is 0 Å². The van der Waals surface area contributed by atoms with Gasteiger partial charge in [-0.3, -0.25) is 0 Å². The SMILES string of the molecule is CCCCCCCCCCC(CCCCCCCC)Cc1cc(Br)sc1Br. The summed E-state index contributed by atoms with van der Waals surface area (Å²) >= 11 is 9.24. The summed E-state index contributed by atoms with van der Waals surface area (Å²) in [6.45, 7) is 4.60. The molecule has 158 valence electrons. The number of rotatable bonds is 18. The molecule has 0 aliphatic heterocycles. The molecule has 0 saturated heterocycles. The third-order valence-electron chi connectivity index (χ3n) is 5.67. The molecule has 0 nitrogen and oxygen atoms in total. The van der Waals surface area contributed by atoms with Crippen LogP contribution in [0.5, 0.6) is 0 Å². The number of hydrogen-bond acceptors (Lipinski definition) is 1. The van der Waals surface area contributed by atoms with Gasteiger partial charge in [-0.15, -0.1) is 11.3 Å². The monoisotopic (exact) mass is 520 g/mol. The van der Waals surface area contributed by atoms with E-state index in [-0.39, 0.29) is 0 Å². The van der Waals surface area contributed by atoms with Crippen LogP contribution in [0, 0.1) is 5.92 Å². The van der Waals surface area contributed by atoms with E-state index in [1.54, 1.807) is 0 Å². The fraction of sp³-hybridized carbons (Fsp3) is 0.833. The number of hydrogen-bond donors (Lipinski definition) is 0. The van der Waals surface area contributed by atoms with Crippen molar-refractivity contribution in [2.45, 2.75) is 123 Å². The largest absolute Gasteiger partial charge is 0.121 e. The molecule has 0 bridgehead atoms. The average molecular weight is 522 g/mol. The fourth-order valence-corrected chi connectivity index (χ4v) is 6.81. The summed E-state index contributed by atoms with van der Waals surface area (Å²) in [4.78, 5) is 0. The van der Waals surface area contributed by atoms with Gasteiger partial charge in [0.05, 0.1) is 7.57 Å². The standard InChI is InChI=1S/C24H42Br2S/c1-3-5-7-9-11-12-14-16-18-21(17-15-13-10-8-6-4-2)19-22-20-23(25)27-24(22)26/h20-21H,3-19H2,1-2H3. The molecule has 3 heteroatoms. The van der Waals surface area contributed by atoms with Crippen molar-refractivity contribution in [3.8, 4) is 0 Å². The molecule has 1 rings (SSSR count). The number of halogens is 2. The van der Waals surface area contributed by atoms with Crippen LogP contribution in [0.1, 0.15) is 122 Å². The van der Waals surface area contributed by atoms with Crippen molar-refractivity contribution < 1.29 is 0 Å². The fourth-order valence-electron chi connectivity index (χ4n) is 3.95. The molecular weight excluding hydrogens is 480 g/mol. The first kappa shape index (κ1) is 25.7. The molecule has 0 amide bonds. The lowest BCUT2D eigenvalue weighted by atomic mass is 9.89. The highest BCUT2D eigenvalue weighted by molar-refractivity contribution is 9.12. The van der Waals surface area contributed by atoms with Crippen LogP contribution in [0.25, 0.3) is 0 Å². The van der Waals surface area contributed by atoms with Crippen LogP contribution in [0.2, 0.25) is 0 Å². The van der Waals surface area contributed by atoms with Crippen molar-refractivity contribution in [2.75, 3.05) is 0 Å². The van der Waals surface area contributed by atoms with Crippen LogP contribution >= 0.6 is 43.2 Å². The molecule has 0 spiro atoms. The second-order valence-electron chi connectivity index (χ2n) is 8.24. The summed E-state index contributed by atoms with van der Waals surface area (Å²) in [7, 11) is 0. The maximum absolute atomic E-state index is 3.77. The van der Waals surface area contributed by atoms with Crippen molar-refractivity contribution in [3.63, 3.8) is 0 Å². The summed E-state index contributed by atoms with van der Waals surface area (Å²) < 4.78 is 2.59. The summed E-state index contributed by atoms with van der Waals surface area (Å²) in [5.74, 6) is 0.870. The normalized spacial score (nSPS) is 12.6. The zero-order valence-corrected chi connectivity index (χ0v) is 21.8. The van der Waals surface area contributed by atoms with Crippen molar-refractivity contribution in [2.24, 2.45) is 5.92 Å². The zero-order chi connectivity index (χ0) is 19.7. The Morgan fingerprint density at radius 2 is 1.15 bits per heavy atom. The Morgan fingerprint density at radius 3 is 1.56 bits per heavy atom. The minimum absolute atomic E-state index is 0.870. The maximum Gasteiger partial charge on any atom is 0.0742 e. The van der Waals surface area contributed by atoms with Crippen molar-refractivity contribution in [1.82, 2.24) is 0 Å². The van der Waals surface area contributed by atoms with Gasteiger partial charge in [0.1, 0.15) is 0 Å². The Kier molecular flexibility index (Phi) is 16.7. The van der Waals surface area contributed by atoms with Crippen LogP contribution in [0.3, 0.4) is 0 Å². The van der Waals surface area contributed by atoms with Gasteiger partial charge in [0, 0.05) is 0 Å². The molecule has 1 aromatic heterocycles. The van der Waals surface area contributed by atoms with Crippen molar-refractivity contribution >= 4 is 43.2 Å². The first-order chi connectivity index (χ1) is 13.2. The van der Waals surface area contributed by atoms with E-state index in [2.05, 4.69) is 51.8 Å². The zero-order valence-electron chi connectivity index (χ0n) is 17.8. The van der Waals surface area contributed by atoms with Gasteiger partial charge >= 0.3 is 0 Å². The molecule has 0 saturated carbocycles. The van der Waals surface area contributed by atoms with Gasteiger partial charge in [0.15, 0.2) is 0 Å². The lowest BCUT2D eigenvalue weighted by Gasteiger charge is -2.17. The van der Waals surface area contributed by atoms with Gasteiger partial charge in [-0.25, -0.2) is 0 Å². The number of thiophene rings is 1. The molecule has 1 heterocycles. The number of unbranched alkanes of at least 4 members (excludes halogenated alkanes) is 12. The summed E-state index contributed by atoms with van der Waals surface area (Å²) in [6.07, 6.45) is 24.0. The third-order valence-corrected chi connectivity index (χ3v) is 8.13. The first-order valence-electron chi connectivity index (χ1n) is 11.6. The van der Waals surface area contributed by atoms with Crippen molar-refractivity contribution in [3.05, 3.63) is 19.2 Å². The Bertz CT molecular complexity index is 455. The van der Waals surface area contributed by atoms with E-state index in [0.717, 1.165) is 5.92 Å². The predicted molar refractivity (Wildman–Crippen MR) is 132 cm³/mol. The first-order valence-corrected chi connectivity index (χ1v) is 14.0. The lowest BCUT2D eigenvalue weighted by molar-refractivity contribution is 0.400. The molecule has 27 heavy (non-hydrogen) atoms. The van der Waals surface area contributed by atoms with E-state index in [0.29, 0.717) is 0 Å². The van der Waals surface area contributed by atoms with Gasteiger partial charge < -0.3 is 0 Å². The Hall–Kier alpha value is 0.660. The second kappa shape index (κ2) is 17.5. The molecule has 0 radical (unpaired) electrons. The molecule has 1 aromatic rings. The molecular formula is C24H42Br2S. The van der Waals surface area contributed by atoms with Crippen LogP contribution in [0.4, 0.5) is 0 Å². The highest BCUT2D eigenvalue weighted by Crippen LogP contribution is 2.35. The highest BCUT2D eigenvalue weighted by Gasteiger charge is 2.14. The smallest absolute Gasteiger partial charge is 0.0742 e. The lowest BCUT2D eigenvalue weighted by Crippen LogP contribution is -2.05. The van der Waals surface area contributed by atoms with Gasteiger partial charge in [-0.1, -0.05) is 117 Å². The maximum atomic E-state index is 3.77. The summed E-state index contributed by atoms with van der Waals surface area (Å²) in [5.41, 5.74) is 1.52. The Morgan fingerprint density at radius 1 is 0.704 bits per heavy atom. The van der Waals surface area contributed by atoms with Crippen molar-refractivity contribution in [1.29, 1.82) is 0 Å². The van der Waals surface area contributed by atoms with Crippen LogP contribution in [-0.2, 0) is 6.42 Å². The van der Waals surface area contributed by atoms with E-state index in [1.165, 1.54) is 122 Å². The minimum atomic E-state index is 0.870. The second-order valence-corrected chi connectivity index (χ2v) is 12.0. The predicted octanol–water partition coefficient (Wildman–Crippen LogP) is 10.7. The van der Waals surface area contributed by atoms with Crippen LogP contribution < -0.4 is 0 Å². The summed E-state index contributed by atoms with van der Waals surface area (Å²) in [5, 5.41) is 0. The van der Waals surface area contributed by atoms with Crippen LogP contribution in [0.15, 0.2) is 13.6 Å². The van der Waals surface area contributed by atoms with Gasteiger partial charge in [0.25, 0.3) is 0 Å². The van der Waals surface area contributed by atoms with Gasteiger partial charge in [0.2, 0.25) is 0 Å². The molecule has 1 atom stereocenters. The average Bonchev–Trinajstić information content (AvgIpc) is 2.96. The minimum Gasteiger partial charge on any atom is -0.121 e. The van der Waals surface area contributed by atoms with Gasteiger partial charge in [-0.05, 0) is 55.8 Å². The Balaban J connectivity index is 2.28. The topological polar surface area (TPSA) is 0 Å². The summed E-state index contributed by atoms with van der Waals surface area (Å²) in [6, 6.07) is 2.33. The molecule has 1 unspecified atom stereocenters. The van der Waals surface area contributed by atoms with E-state index in [4.69, 9.17) is 0 Å². The Labute approximate surface area is 190 Å². The molecule has 0 aliphatic carbocycles. The van der Waals surface area contributed by atoms with E-state index in [1.807, 2.05) is 11.3 Å². The quantitative estimate of drug-likeness (QED) is 0.168. The van der Waals surface area contributed by atoms with Crippen LogP contribution in [-0.4, -0.2) is 0 Å². The molecule has 0 N–H and O–H groups in total. The third kappa shape index (κ3) is 13.5.